The number of hydrogen-bond acceptors (Lipinski definition) is 4. The Kier molecular flexibility index (Phi) is 6.24. The number of ether oxygens (including phenoxy) is 2. The summed E-state index contributed by atoms with van der Waals surface area (Å²) in [5, 5.41) is 3.10. The van der Waals surface area contributed by atoms with Crippen molar-refractivity contribution in [3.8, 4) is 0 Å². The third-order valence-corrected chi connectivity index (χ3v) is 5.79. The minimum absolute atomic E-state index is 0.338. The summed E-state index contributed by atoms with van der Waals surface area (Å²) in [5.41, 5.74) is 5.10. The second kappa shape index (κ2) is 7.78. The normalized spacial score (nSPS) is 16.0. The van der Waals surface area contributed by atoms with Gasteiger partial charge in [-0.2, -0.15) is 0 Å². The van der Waals surface area contributed by atoms with Gasteiger partial charge in [0, 0.05) is 0 Å². The van der Waals surface area contributed by atoms with Crippen molar-refractivity contribution in [2.24, 2.45) is 0 Å². The highest BCUT2D eigenvalue weighted by atomic mass is 16.6. The first-order valence-electron chi connectivity index (χ1n) is 10.5. The molecule has 1 saturated heterocycles. The molecule has 168 valence electrons. The van der Waals surface area contributed by atoms with Crippen molar-refractivity contribution in [2.75, 3.05) is 13.1 Å². The molecule has 0 bridgehead atoms. The number of carbonyl (C=O) groups is 2. The van der Waals surface area contributed by atoms with Crippen LogP contribution in [-0.4, -0.2) is 41.4 Å². The zero-order chi connectivity index (χ0) is 23.2. The van der Waals surface area contributed by atoms with Crippen LogP contribution in [0.5, 0.6) is 0 Å². The van der Waals surface area contributed by atoms with Crippen LogP contribution < -0.4 is 5.32 Å². The Hall–Kier alpha value is -2.24. The predicted octanol–water partition coefficient (Wildman–Crippen LogP) is 5.20. The molecular weight excluding hydrogens is 380 g/mol. The Bertz CT molecular complexity index is 824. The van der Waals surface area contributed by atoms with Gasteiger partial charge in [-0.1, -0.05) is 0 Å². The lowest BCUT2D eigenvalue weighted by atomic mass is 9.74. The second-order valence-electron chi connectivity index (χ2n) is 10.5. The van der Waals surface area contributed by atoms with Gasteiger partial charge >= 0.3 is 12.2 Å². The van der Waals surface area contributed by atoms with Crippen molar-refractivity contribution in [2.45, 2.75) is 92.9 Å². The van der Waals surface area contributed by atoms with E-state index in [1.54, 1.807) is 4.90 Å². The quantitative estimate of drug-likeness (QED) is 0.717. The average molecular weight is 419 g/mol. The maximum Gasteiger partial charge on any atom is 0.410 e. The lowest BCUT2D eigenvalue weighted by Crippen LogP contribution is -2.70. The van der Waals surface area contributed by atoms with E-state index in [0.717, 1.165) is 16.7 Å². The molecule has 1 aromatic rings. The minimum Gasteiger partial charge on any atom is -0.444 e. The van der Waals surface area contributed by atoms with Crippen LogP contribution in [0.15, 0.2) is 0 Å². The van der Waals surface area contributed by atoms with E-state index in [-0.39, 0.29) is 6.09 Å². The zero-order valence-corrected chi connectivity index (χ0v) is 20.5. The molecule has 0 aromatic heterocycles. The molecule has 1 fully saturated rings. The Balaban J connectivity index is 2.46. The number of nitrogens with zero attached hydrogens (tertiary/aromatic N) is 1. The third-order valence-electron chi connectivity index (χ3n) is 5.79. The summed E-state index contributed by atoms with van der Waals surface area (Å²) >= 11 is 0. The van der Waals surface area contributed by atoms with E-state index in [1.807, 2.05) is 41.5 Å². The number of rotatable bonds is 2. The molecule has 6 nitrogen and oxygen atoms in total. The van der Waals surface area contributed by atoms with Gasteiger partial charge < -0.3 is 19.7 Å². The second-order valence-corrected chi connectivity index (χ2v) is 10.5. The van der Waals surface area contributed by atoms with Crippen LogP contribution in [0.1, 0.15) is 74.9 Å². The van der Waals surface area contributed by atoms with E-state index in [9.17, 15) is 9.59 Å². The summed E-state index contributed by atoms with van der Waals surface area (Å²) in [4.78, 5) is 27.0. The van der Waals surface area contributed by atoms with Crippen molar-refractivity contribution in [1.82, 2.24) is 10.2 Å². The van der Waals surface area contributed by atoms with Crippen LogP contribution in [0, 0.1) is 34.6 Å². The summed E-state index contributed by atoms with van der Waals surface area (Å²) < 4.78 is 11.1. The molecule has 6 heteroatoms. The molecular formula is C24H38N2O4. The molecule has 0 radical (unpaired) electrons. The van der Waals surface area contributed by atoms with E-state index < -0.39 is 22.8 Å². The van der Waals surface area contributed by atoms with Crippen LogP contribution in [0.2, 0.25) is 0 Å². The summed E-state index contributed by atoms with van der Waals surface area (Å²) in [5.74, 6) is 0. The van der Waals surface area contributed by atoms with Gasteiger partial charge in [0.15, 0.2) is 0 Å². The van der Waals surface area contributed by atoms with E-state index in [2.05, 4.69) is 39.9 Å². The fourth-order valence-electron chi connectivity index (χ4n) is 4.08. The SMILES string of the molecule is Cc1c(C)c(C)c(C2(NC(=O)OC(C)(C)C)CN(C(=O)OC(C)(C)C)C2)c(C)c1C. The lowest BCUT2D eigenvalue weighted by molar-refractivity contribution is -0.0233. The molecule has 1 aliphatic rings. The fraction of sp³-hybridized carbons (Fsp3) is 0.667. The van der Waals surface area contributed by atoms with E-state index in [4.69, 9.17) is 9.47 Å². The van der Waals surface area contributed by atoms with Crippen LogP contribution in [0.3, 0.4) is 0 Å². The zero-order valence-electron chi connectivity index (χ0n) is 20.5. The van der Waals surface area contributed by atoms with E-state index in [1.165, 1.54) is 16.7 Å². The Morgan fingerprint density at radius 2 is 1.17 bits per heavy atom. The maximum atomic E-state index is 12.7. The largest absolute Gasteiger partial charge is 0.444 e. The minimum atomic E-state index is -0.712. The summed E-state index contributed by atoms with van der Waals surface area (Å²) in [6.07, 6.45) is -0.860. The Morgan fingerprint density at radius 3 is 1.57 bits per heavy atom. The van der Waals surface area contributed by atoms with Gasteiger partial charge in [-0.25, -0.2) is 9.59 Å². The molecule has 2 amide bonds. The molecule has 0 spiro atoms. The Labute approximate surface area is 181 Å². The monoisotopic (exact) mass is 418 g/mol. The highest BCUT2D eigenvalue weighted by molar-refractivity contribution is 5.74. The lowest BCUT2D eigenvalue weighted by Gasteiger charge is -2.51. The fourth-order valence-corrected chi connectivity index (χ4v) is 4.08. The highest BCUT2D eigenvalue weighted by Crippen LogP contribution is 2.40. The molecule has 0 atom stereocenters. The average Bonchev–Trinajstić information content (AvgIpc) is 2.51. The first-order valence-corrected chi connectivity index (χ1v) is 10.5. The van der Waals surface area contributed by atoms with Gasteiger partial charge in [-0.3, -0.25) is 0 Å². The van der Waals surface area contributed by atoms with Crippen molar-refractivity contribution in [3.05, 3.63) is 33.4 Å². The number of hydrogen-bond donors (Lipinski definition) is 1. The molecule has 2 rings (SSSR count). The van der Waals surface area contributed by atoms with E-state index in [0.29, 0.717) is 13.1 Å². The number of benzene rings is 1. The maximum absolute atomic E-state index is 12.7. The topological polar surface area (TPSA) is 67.9 Å². The summed E-state index contributed by atoms with van der Waals surface area (Å²) in [6.45, 7) is 22.2. The number of alkyl carbamates (subject to hydrolysis) is 1. The molecule has 0 unspecified atom stereocenters. The first kappa shape index (κ1) is 24.0. The van der Waals surface area contributed by atoms with Crippen molar-refractivity contribution < 1.29 is 19.1 Å². The van der Waals surface area contributed by atoms with Crippen LogP contribution in [0.4, 0.5) is 9.59 Å². The van der Waals surface area contributed by atoms with Gasteiger partial charge in [0.05, 0.1) is 13.1 Å². The number of carbonyl (C=O) groups excluding carboxylic acids is 2. The van der Waals surface area contributed by atoms with Gasteiger partial charge in [0.2, 0.25) is 0 Å². The molecule has 0 aliphatic carbocycles. The highest BCUT2D eigenvalue weighted by Gasteiger charge is 2.51. The van der Waals surface area contributed by atoms with E-state index >= 15 is 0 Å². The molecule has 1 heterocycles. The van der Waals surface area contributed by atoms with Gasteiger partial charge in [0.25, 0.3) is 0 Å². The van der Waals surface area contributed by atoms with Gasteiger partial charge in [-0.15, -0.1) is 0 Å². The molecule has 1 N–H and O–H groups in total. The molecule has 0 saturated carbocycles. The molecule has 30 heavy (non-hydrogen) atoms. The van der Waals surface area contributed by atoms with Crippen molar-refractivity contribution in [1.29, 1.82) is 0 Å². The number of nitrogens with one attached hydrogen (secondary N) is 1. The number of amides is 2. The standard InChI is InChI=1S/C24H38N2O4/c1-14-15(2)17(4)19(18(5)16(14)3)24(25-20(27)29-22(6,7)8)12-26(13-24)21(28)30-23(9,10)11/h12-13H2,1-11H3,(H,25,27). The third kappa shape index (κ3) is 4.90. The first-order chi connectivity index (χ1) is 13.5. The molecule has 1 aliphatic heterocycles. The van der Waals surface area contributed by atoms with Gasteiger partial charge in [0.1, 0.15) is 16.7 Å². The van der Waals surface area contributed by atoms with Crippen LogP contribution in [-0.2, 0) is 15.0 Å². The molecule has 1 aromatic carbocycles. The predicted molar refractivity (Wildman–Crippen MR) is 119 cm³/mol. The van der Waals surface area contributed by atoms with Crippen molar-refractivity contribution >= 4 is 12.2 Å². The summed E-state index contributed by atoms with van der Waals surface area (Å²) in [7, 11) is 0. The van der Waals surface area contributed by atoms with Gasteiger partial charge in [-0.05, 0) is 110 Å². The van der Waals surface area contributed by atoms with Crippen LogP contribution >= 0.6 is 0 Å². The summed E-state index contributed by atoms with van der Waals surface area (Å²) in [6, 6.07) is 0. The Morgan fingerprint density at radius 1 is 0.767 bits per heavy atom. The number of likely N-dealkylation sites (tertiary alicyclic amines) is 1. The smallest absolute Gasteiger partial charge is 0.410 e. The van der Waals surface area contributed by atoms with Crippen molar-refractivity contribution in [3.63, 3.8) is 0 Å². The van der Waals surface area contributed by atoms with Crippen LogP contribution in [0.25, 0.3) is 0 Å².